The number of urea groups is 1. The molecule has 3 rings (SSSR count). The molecule has 0 unspecified atom stereocenters. The van der Waals surface area contributed by atoms with E-state index in [9.17, 15) is 13.2 Å². The van der Waals surface area contributed by atoms with Crippen molar-refractivity contribution in [2.45, 2.75) is 44.2 Å². The van der Waals surface area contributed by atoms with Gasteiger partial charge in [0, 0.05) is 31.1 Å². The molecule has 2 heterocycles. The number of amides is 2. The molecule has 158 valence electrons. The van der Waals surface area contributed by atoms with Crippen LogP contribution in [0, 0.1) is 0 Å². The summed E-state index contributed by atoms with van der Waals surface area (Å²) in [6.07, 6.45) is 2.91. The molecule has 1 fully saturated rings. The SMILES string of the molecule is CCN(Cc1ccc(Cl)s1)C(=O)NCc1ccc(S(=O)(=O)N2CCCCC2)cc1. The van der Waals surface area contributed by atoms with Crippen molar-refractivity contribution in [3.63, 3.8) is 0 Å². The molecule has 1 saturated heterocycles. The molecular formula is C20H26ClN3O3S2. The van der Waals surface area contributed by atoms with Gasteiger partial charge in [-0.3, -0.25) is 0 Å². The van der Waals surface area contributed by atoms with E-state index in [0.717, 1.165) is 29.7 Å². The molecule has 0 bridgehead atoms. The van der Waals surface area contributed by atoms with E-state index in [1.54, 1.807) is 33.5 Å². The minimum Gasteiger partial charge on any atom is -0.334 e. The standard InChI is InChI=1S/C20H26ClN3O3S2/c1-2-23(15-17-8-11-19(21)28-17)20(25)22-14-16-6-9-18(10-7-16)29(26,27)24-12-4-3-5-13-24/h6-11H,2-5,12-15H2,1H3,(H,22,25). The van der Waals surface area contributed by atoms with Crippen LogP contribution in [-0.4, -0.2) is 43.3 Å². The van der Waals surface area contributed by atoms with Crippen LogP contribution in [0.3, 0.4) is 0 Å². The Hall–Kier alpha value is -1.61. The van der Waals surface area contributed by atoms with Crippen molar-refractivity contribution < 1.29 is 13.2 Å². The number of nitrogens with one attached hydrogen (secondary N) is 1. The van der Waals surface area contributed by atoms with E-state index in [4.69, 9.17) is 11.6 Å². The van der Waals surface area contributed by atoms with Crippen LogP contribution in [0.25, 0.3) is 0 Å². The van der Waals surface area contributed by atoms with Crippen LogP contribution >= 0.6 is 22.9 Å². The van der Waals surface area contributed by atoms with Crippen LogP contribution < -0.4 is 5.32 Å². The summed E-state index contributed by atoms with van der Waals surface area (Å²) in [6.45, 7) is 4.52. The number of rotatable bonds is 7. The molecule has 1 aromatic carbocycles. The molecule has 6 nitrogen and oxygen atoms in total. The number of hydrogen-bond donors (Lipinski definition) is 1. The zero-order valence-corrected chi connectivity index (χ0v) is 18.8. The smallest absolute Gasteiger partial charge is 0.317 e. The molecule has 0 saturated carbocycles. The highest BCUT2D eigenvalue weighted by Crippen LogP contribution is 2.23. The Morgan fingerprint density at radius 2 is 1.83 bits per heavy atom. The van der Waals surface area contributed by atoms with Crippen LogP contribution in [0.4, 0.5) is 4.79 Å². The summed E-state index contributed by atoms with van der Waals surface area (Å²) in [5.41, 5.74) is 0.853. The Morgan fingerprint density at radius 3 is 2.41 bits per heavy atom. The summed E-state index contributed by atoms with van der Waals surface area (Å²) in [6, 6.07) is 10.3. The lowest BCUT2D eigenvalue weighted by Crippen LogP contribution is -2.38. The highest BCUT2D eigenvalue weighted by molar-refractivity contribution is 7.89. The van der Waals surface area contributed by atoms with Gasteiger partial charge in [-0.25, -0.2) is 13.2 Å². The Balaban J connectivity index is 1.57. The van der Waals surface area contributed by atoms with Crippen LogP contribution in [-0.2, 0) is 23.1 Å². The molecule has 9 heteroatoms. The van der Waals surface area contributed by atoms with Crippen molar-refractivity contribution in [3.05, 3.63) is 51.2 Å². The average molecular weight is 456 g/mol. The molecule has 2 amide bonds. The molecule has 0 atom stereocenters. The first kappa shape index (κ1) is 22.1. The minimum atomic E-state index is -3.43. The van der Waals surface area contributed by atoms with Gasteiger partial charge in [-0.1, -0.05) is 30.2 Å². The number of carbonyl (C=O) groups is 1. The van der Waals surface area contributed by atoms with Crippen molar-refractivity contribution >= 4 is 39.0 Å². The minimum absolute atomic E-state index is 0.165. The Morgan fingerprint density at radius 1 is 1.14 bits per heavy atom. The van der Waals surface area contributed by atoms with Crippen LogP contribution in [0.2, 0.25) is 4.34 Å². The predicted molar refractivity (Wildman–Crippen MR) is 117 cm³/mol. The number of benzene rings is 1. The van der Waals surface area contributed by atoms with E-state index in [1.165, 1.54) is 11.3 Å². The van der Waals surface area contributed by atoms with Gasteiger partial charge in [0.15, 0.2) is 0 Å². The van der Waals surface area contributed by atoms with Gasteiger partial charge in [0.05, 0.1) is 15.8 Å². The fourth-order valence-electron chi connectivity index (χ4n) is 3.28. The average Bonchev–Trinajstić information content (AvgIpc) is 3.16. The van der Waals surface area contributed by atoms with Gasteiger partial charge >= 0.3 is 6.03 Å². The van der Waals surface area contributed by atoms with E-state index in [0.29, 0.717) is 42.0 Å². The number of halogens is 1. The summed E-state index contributed by atoms with van der Waals surface area (Å²) in [7, 11) is -3.43. The molecular weight excluding hydrogens is 430 g/mol. The second-order valence-electron chi connectivity index (χ2n) is 6.99. The highest BCUT2D eigenvalue weighted by Gasteiger charge is 2.25. The largest absolute Gasteiger partial charge is 0.334 e. The second-order valence-corrected chi connectivity index (χ2v) is 10.7. The van der Waals surface area contributed by atoms with E-state index in [1.807, 2.05) is 19.1 Å². The number of sulfonamides is 1. The van der Waals surface area contributed by atoms with Crippen molar-refractivity contribution in [1.29, 1.82) is 0 Å². The maximum absolute atomic E-state index is 12.7. The van der Waals surface area contributed by atoms with Gasteiger partial charge in [0.1, 0.15) is 0 Å². The Kier molecular flexibility index (Phi) is 7.56. The van der Waals surface area contributed by atoms with Crippen molar-refractivity contribution in [2.75, 3.05) is 19.6 Å². The van der Waals surface area contributed by atoms with Gasteiger partial charge in [0.2, 0.25) is 10.0 Å². The fraction of sp³-hybridized carbons (Fsp3) is 0.450. The molecule has 0 aliphatic carbocycles. The summed E-state index contributed by atoms with van der Waals surface area (Å²) in [5.74, 6) is 0. The van der Waals surface area contributed by atoms with E-state index < -0.39 is 10.0 Å². The first-order chi connectivity index (χ1) is 13.9. The van der Waals surface area contributed by atoms with Crippen molar-refractivity contribution in [3.8, 4) is 0 Å². The molecule has 0 radical (unpaired) electrons. The fourth-order valence-corrected chi connectivity index (χ4v) is 5.90. The van der Waals surface area contributed by atoms with E-state index in [-0.39, 0.29) is 6.03 Å². The number of carbonyl (C=O) groups excluding carboxylic acids is 1. The van der Waals surface area contributed by atoms with Crippen molar-refractivity contribution in [2.24, 2.45) is 0 Å². The summed E-state index contributed by atoms with van der Waals surface area (Å²) in [4.78, 5) is 15.5. The lowest BCUT2D eigenvalue weighted by molar-refractivity contribution is 0.198. The summed E-state index contributed by atoms with van der Waals surface area (Å²) >= 11 is 7.42. The lowest BCUT2D eigenvalue weighted by atomic mass is 10.2. The number of hydrogen-bond acceptors (Lipinski definition) is 4. The molecule has 1 aliphatic rings. The predicted octanol–water partition coefficient (Wildman–Crippen LogP) is 4.31. The third-order valence-corrected chi connectivity index (χ3v) is 8.09. The number of piperidine rings is 1. The summed E-state index contributed by atoms with van der Waals surface area (Å²) in [5, 5.41) is 2.90. The highest BCUT2D eigenvalue weighted by atomic mass is 35.5. The summed E-state index contributed by atoms with van der Waals surface area (Å²) < 4.78 is 27.7. The normalized spacial score (nSPS) is 15.2. The Bertz CT molecular complexity index is 923. The van der Waals surface area contributed by atoms with E-state index >= 15 is 0 Å². The maximum atomic E-state index is 12.7. The number of thiophene rings is 1. The van der Waals surface area contributed by atoms with Gasteiger partial charge < -0.3 is 10.2 Å². The van der Waals surface area contributed by atoms with Gasteiger partial charge in [0.25, 0.3) is 0 Å². The molecule has 0 spiro atoms. The van der Waals surface area contributed by atoms with Crippen LogP contribution in [0.5, 0.6) is 0 Å². The van der Waals surface area contributed by atoms with Gasteiger partial charge in [-0.15, -0.1) is 11.3 Å². The molecule has 2 aromatic rings. The third-order valence-electron chi connectivity index (χ3n) is 4.96. The zero-order valence-electron chi connectivity index (χ0n) is 16.4. The van der Waals surface area contributed by atoms with E-state index in [2.05, 4.69) is 5.32 Å². The monoisotopic (exact) mass is 455 g/mol. The second kappa shape index (κ2) is 9.93. The lowest BCUT2D eigenvalue weighted by Gasteiger charge is -2.26. The molecule has 29 heavy (non-hydrogen) atoms. The number of nitrogens with zero attached hydrogens (tertiary/aromatic N) is 2. The topological polar surface area (TPSA) is 69.7 Å². The molecule has 1 N–H and O–H groups in total. The van der Waals surface area contributed by atoms with Crippen LogP contribution in [0.1, 0.15) is 36.6 Å². The van der Waals surface area contributed by atoms with Crippen LogP contribution in [0.15, 0.2) is 41.3 Å². The Labute approximate surface area is 181 Å². The third kappa shape index (κ3) is 5.72. The van der Waals surface area contributed by atoms with Gasteiger partial charge in [-0.05, 0) is 49.6 Å². The first-order valence-electron chi connectivity index (χ1n) is 9.76. The van der Waals surface area contributed by atoms with Gasteiger partial charge in [-0.2, -0.15) is 4.31 Å². The van der Waals surface area contributed by atoms with Crippen molar-refractivity contribution in [1.82, 2.24) is 14.5 Å². The molecule has 1 aliphatic heterocycles. The quantitative estimate of drug-likeness (QED) is 0.676. The maximum Gasteiger partial charge on any atom is 0.317 e. The molecule has 1 aromatic heterocycles. The first-order valence-corrected chi connectivity index (χ1v) is 12.4. The zero-order chi connectivity index (χ0) is 20.9.